The number of aromatic nitrogens is 1. The number of halogens is 1. The number of ketones is 2. The van der Waals surface area contributed by atoms with Gasteiger partial charge in [0.05, 0.1) is 17.5 Å². The molecule has 0 bridgehead atoms. The van der Waals surface area contributed by atoms with E-state index in [-0.39, 0.29) is 36.5 Å². The molecule has 0 fully saturated rings. The van der Waals surface area contributed by atoms with Gasteiger partial charge in [0, 0.05) is 31.3 Å². The minimum Gasteiger partial charge on any atom is -0.466 e. The zero-order chi connectivity index (χ0) is 18.8. The van der Waals surface area contributed by atoms with E-state index in [0.29, 0.717) is 0 Å². The van der Waals surface area contributed by atoms with Crippen molar-refractivity contribution in [2.24, 2.45) is 5.92 Å². The summed E-state index contributed by atoms with van der Waals surface area (Å²) in [5, 5.41) is 0.267. The molecule has 1 unspecified atom stereocenters. The Labute approximate surface area is 150 Å². The van der Waals surface area contributed by atoms with E-state index >= 15 is 0 Å². The fraction of sp³-hybridized carbons (Fsp3) is 0.471. The molecule has 0 aliphatic carbocycles. The summed E-state index contributed by atoms with van der Waals surface area (Å²) in [6.07, 6.45) is 3.19. The van der Waals surface area contributed by atoms with Crippen LogP contribution in [0.3, 0.4) is 0 Å². The van der Waals surface area contributed by atoms with Crippen LogP contribution >= 0.6 is 11.6 Å². The fourth-order valence-electron chi connectivity index (χ4n) is 2.14. The molecule has 136 valence electrons. The van der Waals surface area contributed by atoms with Crippen molar-refractivity contribution in [1.82, 2.24) is 4.98 Å². The molecule has 0 spiro atoms. The van der Waals surface area contributed by atoms with Gasteiger partial charge >= 0.3 is 11.9 Å². The number of hydrogen-bond donors (Lipinski definition) is 0. The first-order valence-corrected chi connectivity index (χ1v) is 8.19. The number of rotatable bonds is 10. The molecule has 0 aromatic carbocycles. The monoisotopic (exact) mass is 369 g/mol. The highest BCUT2D eigenvalue weighted by atomic mass is 35.5. The Hall–Kier alpha value is -2.28. The van der Waals surface area contributed by atoms with Crippen LogP contribution in [-0.4, -0.2) is 41.7 Å². The zero-order valence-electron chi connectivity index (χ0n) is 14.1. The maximum Gasteiger partial charge on any atom is 0.305 e. The lowest BCUT2D eigenvalue weighted by atomic mass is 9.90. The van der Waals surface area contributed by atoms with Crippen LogP contribution in [0.25, 0.3) is 0 Å². The number of ether oxygens (including phenoxy) is 2. The van der Waals surface area contributed by atoms with E-state index in [0.717, 1.165) is 0 Å². The van der Waals surface area contributed by atoms with Crippen molar-refractivity contribution in [2.45, 2.75) is 33.1 Å². The number of Topliss-reactive ketones (excluding diaryl/α,β-unsaturated/α-hetero) is 2. The normalized spacial score (nSPS) is 11.5. The Morgan fingerprint density at radius 2 is 1.92 bits per heavy atom. The predicted molar refractivity (Wildman–Crippen MR) is 89.2 cm³/mol. The van der Waals surface area contributed by atoms with Gasteiger partial charge in [-0.1, -0.05) is 11.6 Å². The summed E-state index contributed by atoms with van der Waals surface area (Å²) < 4.78 is 9.50. The summed E-state index contributed by atoms with van der Waals surface area (Å²) in [7, 11) is 0. The average Bonchev–Trinajstić information content (AvgIpc) is 2.56. The van der Waals surface area contributed by atoms with Gasteiger partial charge in [-0.15, -0.1) is 0 Å². The number of nitrogens with zero attached hydrogens (tertiary/aromatic N) is 1. The van der Waals surface area contributed by atoms with E-state index in [1.807, 2.05) is 0 Å². The van der Waals surface area contributed by atoms with Crippen molar-refractivity contribution in [1.29, 1.82) is 0 Å². The van der Waals surface area contributed by atoms with Gasteiger partial charge in [-0.3, -0.25) is 24.2 Å². The molecule has 0 N–H and O–H groups in total. The molecule has 0 saturated carbocycles. The zero-order valence-corrected chi connectivity index (χ0v) is 14.9. The molecular formula is C17H20ClNO6. The Bertz CT molecular complexity index is 646. The second-order valence-corrected chi connectivity index (χ2v) is 5.69. The van der Waals surface area contributed by atoms with Gasteiger partial charge < -0.3 is 9.47 Å². The van der Waals surface area contributed by atoms with E-state index in [2.05, 4.69) is 9.72 Å². The second kappa shape index (κ2) is 10.6. The third-order valence-corrected chi connectivity index (χ3v) is 3.50. The SMILES string of the molecule is CCOC(=O)CCCC(C(=O)COC(C)=O)C(=O)c1cncc(Cl)c1. The highest BCUT2D eigenvalue weighted by Gasteiger charge is 2.28. The first kappa shape index (κ1) is 20.8. The van der Waals surface area contributed by atoms with Crippen LogP contribution in [-0.2, 0) is 23.9 Å². The molecule has 1 atom stereocenters. The summed E-state index contributed by atoms with van der Waals surface area (Å²) in [6.45, 7) is 2.63. The number of carbonyl (C=O) groups excluding carboxylic acids is 4. The second-order valence-electron chi connectivity index (χ2n) is 5.25. The van der Waals surface area contributed by atoms with Crippen LogP contribution < -0.4 is 0 Å². The molecular weight excluding hydrogens is 350 g/mol. The van der Waals surface area contributed by atoms with Crippen LogP contribution in [0.15, 0.2) is 18.5 Å². The van der Waals surface area contributed by atoms with Gasteiger partial charge in [0.2, 0.25) is 0 Å². The van der Waals surface area contributed by atoms with Gasteiger partial charge in [0.15, 0.2) is 18.2 Å². The Kier molecular flexibility index (Phi) is 8.77. The van der Waals surface area contributed by atoms with Crippen molar-refractivity contribution < 1.29 is 28.7 Å². The molecule has 0 aliphatic rings. The highest BCUT2D eigenvalue weighted by Crippen LogP contribution is 2.19. The third kappa shape index (κ3) is 7.43. The average molecular weight is 370 g/mol. The fourth-order valence-corrected chi connectivity index (χ4v) is 2.32. The highest BCUT2D eigenvalue weighted by molar-refractivity contribution is 6.31. The van der Waals surface area contributed by atoms with E-state index < -0.39 is 36.0 Å². The number of pyridine rings is 1. The molecule has 1 rings (SSSR count). The Morgan fingerprint density at radius 3 is 2.52 bits per heavy atom. The maximum atomic E-state index is 12.6. The number of hydrogen-bond acceptors (Lipinski definition) is 7. The van der Waals surface area contributed by atoms with Crippen molar-refractivity contribution in [3.05, 3.63) is 29.0 Å². The predicted octanol–water partition coefficient (Wildman–Crippen LogP) is 2.40. The smallest absolute Gasteiger partial charge is 0.305 e. The lowest BCUT2D eigenvalue weighted by Gasteiger charge is -2.14. The van der Waals surface area contributed by atoms with Crippen molar-refractivity contribution in [3.8, 4) is 0 Å². The van der Waals surface area contributed by atoms with E-state index in [4.69, 9.17) is 16.3 Å². The molecule has 7 nitrogen and oxygen atoms in total. The van der Waals surface area contributed by atoms with Crippen LogP contribution in [0.2, 0.25) is 5.02 Å². The first-order valence-electron chi connectivity index (χ1n) is 7.81. The molecule has 0 aliphatic heterocycles. The molecule has 0 saturated heterocycles. The Balaban J connectivity index is 2.82. The van der Waals surface area contributed by atoms with Crippen LogP contribution in [0.5, 0.6) is 0 Å². The van der Waals surface area contributed by atoms with E-state index in [9.17, 15) is 19.2 Å². The number of carbonyl (C=O) groups is 4. The summed E-state index contributed by atoms with van der Waals surface area (Å²) in [4.78, 5) is 51.0. The van der Waals surface area contributed by atoms with E-state index in [1.54, 1.807) is 6.92 Å². The van der Waals surface area contributed by atoms with Crippen LogP contribution in [0.4, 0.5) is 0 Å². The molecule has 0 amide bonds. The maximum absolute atomic E-state index is 12.6. The van der Waals surface area contributed by atoms with E-state index in [1.165, 1.54) is 25.4 Å². The van der Waals surface area contributed by atoms with Gasteiger partial charge in [-0.25, -0.2) is 0 Å². The first-order chi connectivity index (χ1) is 11.8. The van der Waals surface area contributed by atoms with Gasteiger partial charge in [-0.2, -0.15) is 0 Å². The molecule has 1 aromatic heterocycles. The van der Waals surface area contributed by atoms with Crippen molar-refractivity contribution in [3.63, 3.8) is 0 Å². The number of esters is 2. The Morgan fingerprint density at radius 1 is 1.20 bits per heavy atom. The van der Waals surface area contributed by atoms with Gasteiger partial charge in [0.1, 0.15) is 0 Å². The minimum absolute atomic E-state index is 0.0895. The lowest BCUT2D eigenvalue weighted by molar-refractivity contribution is -0.146. The summed E-state index contributed by atoms with van der Waals surface area (Å²) in [6, 6.07) is 1.41. The quantitative estimate of drug-likeness (QED) is 0.354. The standard InChI is InChI=1S/C17H20ClNO6/c1-3-24-16(22)6-4-5-14(15(21)10-25-11(2)20)17(23)12-7-13(18)9-19-8-12/h7-9,14H,3-6,10H2,1-2H3. The largest absolute Gasteiger partial charge is 0.466 e. The molecule has 1 aromatic rings. The molecule has 25 heavy (non-hydrogen) atoms. The minimum atomic E-state index is -1.05. The third-order valence-electron chi connectivity index (χ3n) is 3.29. The molecule has 0 radical (unpaired) electrons. The van der Waals surface area contributed by atoms with Crippen molar-refractivity contribution in [2.75, 3.05) is 13.2 Å². The topological polar surface area (TPSA) is 99.6 Å². The van der Waals surface area contributed by atoms with Gasteiger partial charge in [-0.05, 0) is 25.8 Å². The summed E-state index contributed by atoms with van der Waals surface area (Å²) in [5.74, 6) is -3.07. The summed E-state index contributed by atoms with van der Waals surface area (Å²) >= 11 is 5.83. The van der Waals surface area contributed by atoms with Gasteiger partial charge in [0.25, 0.3) is 0 Å². The van der Waals surface area contributed by atoms with Crippen molar-refractivity contribution >= 4 is 35.1 Å². The summed E-state index contributed by atoms with van der Waals surface area (Å²) in [5.41, 5.74) is 0.185. The molecule has 8 heteroatoms. The molecule has 1 heterocycles. The van der Waals surface area contributed by atoms with Crippen LogP contribution in [0, 0.1) is 5.92 Å². The van der Waals surface area contributed by atoms with Crippen LogP contribution in [0.1, 0.15) is 43.5 Å². The lowest BCUT2D eigenvalue weighted by Crippen LogP contribution is -2.29.